The Bertz CT molecular complexity index is 121. The van der Waals surface area contributed by atoms with E-state index in [0.717, 1.165) is 6.26 Å². The third-order valence-electron chi connectivity index (χ3n) is 0.534. The lowest BCUT2D eigenvalue weighted by Gasteiger charge is -2.03. The van der Waals surface area contributed by atoms with Crippen molar-refractivity contribution >= 4 is 0 Å². The monoisotopic (exact) mass is 131 g/mol. The summed E-state index contributed by atoms with van der Waals surface area (Å²) in [4.78, 5) is 4.51. The summed E-state index contributed by atoms with van der Waals surface area (Å²) in [5, 5.41) is 14.6. The number of hydrogen-bond acceptors (Lipinski definition) is 3. The van der Waals surface area contributed by atoms with Crippen molar-refractivity contribution in [2.45, 2.75) is 0 Å². The highest BCUT2D eigenvalue weighted by Crippen LogP contribution is 1.81. The maximum atomic E-state index is 10.4. The average Bonchev–Trinajstić information content (AvgIpc) is 1.82. The van der Waals surface area contributed by atoms with Crippen LogP contribution in [0.4, 0.5) is 0 Å². The van der Waals surface area contributed by atoms with E-state index in [-0.39, 0.29) is 0 Å². The molecular formula is C4H9N3O2. The van der Waals surface area contributed by atoms with Crippen LogP contribution >= 0.6 is 0 Å². The molecule has 9 heavy (non-hydrogen) atoms. The zero-order chi connectivity index (χ0) is 7.28. The van der Waals surface area contributed by atoms with Gasteiger partial charge in [-0.05, 0) is 0 Å². The zero-order valence-electron chi connectivity index (χ0n) is 5.44. The first-order valence-electron chi connectivity index (χ1n) is 2.30. The van der Waals surface area contributed by atoms with Crippen LogP contribution < -0.4 is 0 Å². The molecule has 0 unspecified atom stereocenters. The van der Waals surface area contributed by atoms with Crippen LogP contribution in [0.3, 0.4) is 0 Å². The molecule has 0 N–H and O–H groups in total. The molecule has 0 aromatic heterocycles. The first-order chi connectivity index (χ1) is 4.18. The van der Waals surface area contributed by atoms with Gasteiger partial charge in [0.05, 0.1) is 19.1 Å². The van der Waals surface area contributed by atoms with Gasteiger partial charge >= 0.3 is 0 Å². The predicted molar refractivity (Wildman–Crippen MR) is 31.0 cm³/mol. The molecule has 0 aromatic carbocycles. The van der Waals surface area contributed by atoms with Gasteiger partial charge in [0.15, 0.2) is 0 Å². The molecule has 0 aromatic rings. The molecule has 0 spiro atoms. The molecule has 0 radical (unpaired) electrons. The minimum Gasteiger partial charge on any atom is -0.569 e. The number of hydrogen-bond donors (Lipinski definition) is 0. The molecule has 52 valence electrons. The molecule has 0 fully saturated rings. The lowest BCUT2D eigenvalue weighted by atomic mass is 11.2. The van der Waals surface area contributed by atoms with Crippen molar-refractivity contribution in [3.8, 4) is 0 Å². The second-order valence-corrected chi connectivity index (χ2v) is 1.45. The fourth-order valence-electron chi connectivity index (χ4n) is 0.147. The van der Waals surface area contributed by atoms with Crippen LogP contribution in [0.15, 0.2) is 18.1 Å². The summed E-state index contributed by atoms with van der Waals surface area (Å²) in [5.74, 6) is 0. The summed E-state index contributed by atoms with van der Waals surface area (Å²) >= 11 is 0. The summed E-state index contributed by atoms with van der Waals surface area (Å²) in [6.45, 7) is 3.19. The molecule has 0 aliphatic heterocycles. The number of rotatable bonds is 3. The predicted octanol–water partition coefficient (Wildman–Crippen LogP) is 0.501. The Morgan fingerprint density at radius 2 is 2.33 bits per heavy atom. The van der Waals surface area contributed by atoms with Crippen LogP contribution in [0, 0.1) is 5.21 Å². The van der Waals surface area contributed by atoms with Crippen molar-refractivity contribution in [3.63, 3.8) is 0 Å². The Morgan fingerprint density at radius 1 is 1.78 bits per heavy atom. The molecule has 0 atom stereocenters. The Hall–Kier alpha value is -1.26. The molecule has 0 saturated heterocycles. The van der Waals surface area contributed by atoms with Crippen LogP contribution in [-0.4, -0.2) is 24.1 Å². The van der Waals surface area contributed by atoms with Gasteiger partial charge in [-0.25, -0.2) is 0 Å². The number of nitrogens with zero attached hydrogens (tertiary/aromatic N) is 3. The molecular weight excluding hydrogens is 122 g/mol. The van der Waals surface area contributed by atoms with E-state index in [1.807, 2.05) is 0 Å². The highest BCUT2D eigenvalue weighted by atomic mass is 16.7. The van der Waals surface area contributed by atoms with E-state index in [1.165, 1.54) is 5.01 Å². The summed E-state index contributed by atoms with van der Waals surface area (Å²) in [6, 6.07) is 0. The van der Waals surface area contributed by atoms with E-state index in [2.05, 4.69) is 16.7 Å². The molecule has 0 heterocycles. The fourth-order valence-corrected chi connectivity index (χ4v) is 0.147. The van der Waals surface area contributed by atoms with E-state index in [1.54, 1.807) is 14.1 Å². The zero-order valence-corrected chi connectivity index (χ0v) is 5.44. The van der Waals surface area contributed by atoms with Gasteiger partial charge < -0.3 is 10.0 Å². The molecule has 0 rings (SSSR count). The molecule has 0 amide bonds. The molecule has 0 saturated carbocycles. The van der Waals surface area contributed by atoms with Crippen molar-refractivity contribution in [2.24, 2.45) is 5.28 Å². The standard InChI is InChI=1S/C4H9N3O2/c1-4-9-5-7(8)6(2)3/h4H,1H2,2-3H3/b7-5-. The van der Waals surface area contributed by atoms with Crippen LogP contribution in [0.1, 0.15) is 0 Å². The summed E-state index contributed by atoms with van der Waals surface area (Å²) in [5.41, 5.74) is 0. The lowest BCUT2D eigenvalue weighted by Crippen LogP contribution is -2.20. The van der Waals surface area contributed by atoms with Gasteiger partial charge in [0.1, 0.15) is 6.26 Å². The van der Waals surface area contributed by atoms with Gasteiger partial charge in [-0.3, -0.25) is 0 Å². The quantitative estimate of drug-likeness (QED) is 0.242. The molecule has 5 nitrogen and oxygen atoms in total. The van der Waals surface area contributed by atoms with E-state index in [4.69, 9.17) is 0 Å². The van der Waals surface area contributed by atoms with E-state index >= 15 is 0 Å². The van der Waals surface area contributed by atoms with E-state index in [9.17, 15) is 5.21 Å². The first-order valence-corrected chi connectivity index (χ1v) is 2.30. The molecule has 5 heteroatoms. The van der Waals surface area contributed by atoms with Gasteiger partial charge in [0.25, 0.3) is 0 Å². The Balaban J connectivity index is 3.68. The van der Waals surface area contributed by atoms with Crippen molar-refractivity contribution in [2.75, 3.05) is 14.1 Å². The number of hydrazine groups is 1. The Labute approximate surface area is 53.3 Å². The SMILES string of the molecule is C=CO/N=[N+](\[O-])N(C)C. The fraction of sp³-hybridized carbons (Fsp3) is 0.500. The van der Waals surface area contributed by atoms with Gasteiger partial charge in [0, 0.05) is 0 Å². The Kier molecular flexibility index (Phi) is 3.19. The second-order valence-electron chi connectivity index (χ2n) is 1.45. The second kappa shape index (κ2) is 3.71. The largest absolute Gasteiger partial charge is 0.569 e. The lowest BCUT2D eigenvalue weighted by molar-refractivity contribution is -0.697. The Morgan fingerprint density at radius 3 is 2.67 bits per heavy atom. The summed E-state index contributed by atoms with van der Waals surface area (Å²) in [6.07, 6.45) is 1.06. The van der Waals surface area contributed by atoms with Gasteiger partial charge in [-0.1, -0.05) is 6.58 Å². The highest BCUT2D eigenvalue weighted by molar-refractivity contribution is 4.42. The molecule has 0 bridgehead atoms. The van der Waals surface area contributed by atoms with Crippen LogP contribution in [0.25, 0.3) is 0 Å². The van der Waals surface area contributed by atoms with Crippen molar-refractivity contribution in [1.82, 2.24) is 5.01 Å². The molecule has 0 aliphatic rings. The van der Waals surface area contributed by atoms with Crippen LogP contribution in [0.2, 0.25) is 0 Å². The summed E-state index contributed by atoms with van der Waals surface area (Å²) in [7, 11) is 3.09. The van der Waals surface area contributed by atoms with Crippen LogP contribution in [-0.2, 0) is 4.84 Å². The minimum atomic E-state index is 0.293. The van der Waals surface area contributed by atoms with E-state index in [0.29, 0.717) is 4.97 Å². The van der Waals surface area contributed by atoms with Crippen molar-refractivity contribution < 1.29 is 9.81 Å². The molecule has 0 aliphatic carbocycles. The topological polar surface area (TPSA) is 50.9 Å². The minimum absolute atomic E-state index is 0.293. The highest BCUT2D eigenvalue weighted by Gasteiger charge is 1.94. The van der Waals surface area contributed by atoms with Crippen molar-refractivity contribution in [3.05, 3.63) is 18.0 Å². The van der Waals surface area contributed by atoms with E-state index < -0.39 is 0 Å². The third-order valence-corrected chi connectivity index (χ3v) is 0.534. The normalized spacial score (nSPS) is 10.7. The average molecular weight is 131 g/mol. The van der Waals surface area contributed by atoms with Crippen LogP contribution in [0.5, 0.6) is 0 Å². The first kappa shape index (κ1) is 7.74. The smallest absolute Gasteiger partial charge is 0.238 e. The third kappa shape index (κ3) is 3.33. The van der Waals surface area contributed by atoms with Gasteiger partial charge in [-0.2, -0.15) is 5.01 Å². The summed E-state index contributed by atoms with van der Waals surface area (Å²) < 4.78 is 0. The van der Waals surface area contributed by atoms with Crippen molar-refractivity contribution in [1.29, 1.82) is 0 Å². The maximum Gasteiger partial charge on any atom is 0.238 e. The van der Waals surface area contributed by atoms with Gasteiger partial charge in [0.2, 0.25) is 5.28 Å². The van der Waals surface area contributed by atoms with Gasteiger partial charge in [-0.15, -0.1) is 0 Å². The maximum absolute atomic E-state index is 10.4.